The van der Waals surface area contributed by atoms with E-state index in [0.29, 0.717) is 5.56 Å². The summed E-state index contributed by atoms with van der Waals surface area (Å²) in [6.45, 7) is 1.73. The van der Waals surface area contributed by atoms with E-state index >= 15 is 0 Å². The van der Waals surface area contributed by atoms with Crippen molar-refractivity contribution in [2.75, 3.05) is 13.7 Å². The second-order valence-electron chi connectivity index (χ2n) is 5.38. The standard InChI is InChI=1S/C17H19O7PS/c1-3-24-25(19,20)12-13-4-8-15(9-5-13)26(21,22)16-10-6-14(7-11-16)17(18)23-2/h4-11H,3,12H2,1-2H3,(H,19,20). The van der Waals surface area contributed by atoms with Crippen LogP contribution in [0, 0.1) is 0 Å². The molecule has 0 aromatic heterocycles. The molecule has 0 saturated carbocycles. The molecular formula is C17H19O7PS. The van der Waals surface area contributed by atoms with Crippen molar-refractivity contribution in [3.63, 3.8) is 0 Å². The van der Waals surface area contributed by atoms with Crippen molar-refractivity contribution in [2.45, 2.75) is 22.9 Å². The maximum Gasteiger partial charge on any atom is 0.337 e. The van der Waals surface area contributed by atoms with Crippen LogP contribution >= 0.6 is 7.60 Å². The molecule has 7 nitrogen and oxygen atoms in total. The van der Waals surface area contributed by atoms with Crippen molar-refractivity contribution in [3.8, 4) is 0 Å². The lowest BCUT2D eigenvalue weighted by Crippen LogP contribution is -2.05. The first-order chi connectivity index (χ1) is 12.2. The Morgan fingerprint density at radius 3 is 2.00 bits per heavy atom. The minimum Gasteiger partial charge on any atom is -0.465 e. The van der Waals surface area contributed by atoms with E-state index in [1.807, 2.05) is 0 Å². The number of esters is 1. The minimum absolute atomic E-state index is 0.0278. The maximum atomic E-state index is 12.6. The summed E-state index contributed by atoms with van der Waals surface area (Å²) in [5.41, 5.74) is 0.737. The number of ether oxygens (including phenoxy) is 1. The number of methoxy groups -OCH3 is 1. The van der Waals surface area contributed by atoms with Gasteiger partial charge in [-0.05, 0) is 48.9 Å². The zero-order valence-electron chi connectivity index (χ0n) is 14.3. The van der Waals surface area contributed by atoms with Crippen LogP contribution in [0.5, 0.6) is 0 Å². The molecule has 1 atom stereocenters. The van der Waals surface area contributed by atoms with Gasteiger partial charge in [-0.25, -0.2) is 13.2 Å². The molecule has 0 bridgehead atoms. The molecule has 140 valence electrons. The fraction of sp³-hybridized carbons (Fsp3) is 0.235. The van der Waals surface area contributed by atoms with E-state index in [1.165, 1.54) is 55.6 Å². The molecule has 0 spiro atoms. The summed E-state index contributed by atoms with van der Waals surface area (Å²) < 4.78 is 46.4. The van der Waals surface area contributed by atoms with Gasteiger partial charge in [0.25, 0.3) is 0 Å². The summed E-state index contributed by atoms with van der Waals surface area (Å²) in [7, 11) is -6.27. The molecule has 1 N–H and O–H groups in total. The number of sulfone groups is 1. The molecule has 2 aromatic rings. The van der Waals surface area contributed by atoms with Crippen LogP contribution in [0.4, 0.5) is 0 Å². The van der Waals surface area contributed by atoms with E-state index in [2.05, 4.69) is 4.74 Å². The van der Waals surface area contributed by atoms with Gasteiger partial charge < -0.3 is 14.2 Å². The van der Waals surface area contributed by atoms with Crippen LogP contribution in [-0.4, -0.2) is 33.0 Å². The van der Waals surface area contributed by atoms with E-state index in [1.54, 1.807) is 6.92 Å². The van der Waals surface area contributed by atoms with Gasteiger partial charge in [-0.15, -0.1) is 0 Å². The molecular weight excluding hydrogens is 379 g/mol. The van der Waals surface area contributed by atoms with Gasteiger partial charge in [0.05, 0.1) is 35.2 Å². The summed E-state index contributed by atoms with van der Waals surface area (Å²) in [6, 6.07) is 11.1. The Bertz CT molecular complexity index is 919. The Morgan fingerprint density at radius 2 is 1.54 bits per heavy atom. The van der Waals surface area contributed by atoms with Crippen LogP contribution in [0.15, 0.2) is 58.3 Å². The normalized spacial score (nSPS) is 13.8. The number of carbonyl (C=O) groups excluding carboxylic acids is 1. The summed E-state index contributed by atoms with van der Waals surface area (Å²) in [5.74, 6) is -0.555. The zero-order valence-corrected chi connectivity index (χ0v) is 16.0. The van der Waals surface area contributed by atoms with E-state index in [9.17, 15) is 22.7 Å². The van der Waals surface area contributed by atoms with Crippen LogP contribution in [0.1, 0.15) is 22.8 Å². The number of hydrogen-bond acceptors (Lipinski definition) is 6. The predicted octanol–water partition coefficient (Wildman–Crippen LogP) is 3.03. The van der Waals surface area contributed by atoms with E-state index in [-0.39, 0.29) is 28.1 Å². The summed E-state index contributed by atoms with van der Waals surface area (Å²) >= 11 is 0. The van der Waals surface area contributed by atoms with E-state index in [4.69, 9.17) is 4.52 Å². The van der Waals surface area contributed by atoms with E-state index in [0.717, 1.165) is 0 Å². The number of carbonyl (C=O) groups is 1. The summed E-state index contributed by atoms with van der Waals surface area (Å²) in [4.78, 5) is 21.1. The summed E-state index contributed by atoms with van der Waals surface area (Å²) in [6.07, 6.45) is -0.199. The van der Waals surface area contributed by atoms with Gasteiger partial charge in [-0.1, -0.05) is 12.1 Å². The Balaban J connectivity index is 2.24. The molecule has 0 heterocycles. The molecule has 0 aliphatic rings. The highest BCUT2D eigenvalue weighted by molar-refractivity contribution is 7.91. The van der Waals surface area contributed by atoms with Crippen molar-refractivity contribution < 1.29 is 31.9 Å². The molecule has 0 radical (unpaired) electrons. The maximum absolute atomic E-state index is 12.6. The number of benzene rings is 2. The van der Waals surface area contributed by atoms with Crippen LogP contribution in [0.3, 0.4) is 0 Å². The Hall–Kier alpha value is -1.99. The highest BCUT2D eigenvalue weighted by Gasteiger charge is 2.21. The molecule has 2 aromatic carbocycles. The summed E-state index contributed by atoms with van der Waals surface area (Å²) in [5, 5.41) is 0. The van der Waals surface area contributed by atoms with Gasteiger partial charge >= 0.3 is 13.6 Å². The Kier molecular flexibility index (Phi) is 6.36. The largest absolute Gasteiger partial charge is 0.465 e. The Morgan fingerprint density at radius 1 is 1.04 bits per heavy atom. The van der Waals surface area contributed by atoms with Gasteiger partial charge in [0, 0.05) is 0 Å². The monoisotopic (exact) mass is 398 g/mol. The highest BCUT2D eigenvalue weighted by Crippen LogP contribution is 2.45. The average Bonchev–Trinajstić information content (AvgIpc) is 2.61. The lowest BCUT2D eigenvalue weighted by Gasteiger charge is -2.11. The van der Waals surface area contributed by atoms with Crippen molar-refractivity contribution in [2.24, 2.45) is 0 Å². The number of hydrogen-bond donors (Lipinski definition) is 1. The fourth-order valence-electron chi connectivity index (χ4n) is 2.28. The van der Waals surface area contributed by atoms with Crippen molar-refractivity contribution >= 4 is 23.4 Å². The molecule has 0 aliphatic heterocycles. The van der Waals surface area contributed by atoms with E-state index < -0.39 is 23.4 Å². The first-order valence-corrected chi connectivity index (χ1v) is 10.9. The SMILES string of the molecule is CCOP(=O)(O)Cc1ccc(S(=O)(=O)c2ccc(C(=O)OC)cc2)cc1. The first-order valence-electron chi connectivity index (χ1n) is 7.68. The van der Waals surface area contributed by atoms with Gasteiger partial charge in [-0.3, -0.25) is 4.57 Å². The van der Waals surface area contributed by atoms with Crippen LogP contribution < -0.4 is 0 Å². The first kappa shape index (κ1) is 20.3. The lowest BCUT2D eigenvalue weighted by molar-refractivity contribution is 0.0600. The second-order valence-corrected chi connectivity index (χ2v) is 9.18. The lowest BCUT2D eigenvalue weighted by atomic mass is 10.2. The Labute approximate surface area is 152 Å². The smallest absolute Gasteiger partial charge is 0.337 e. The van der Waals surface area contributed by atoms with Gasteiger partial charge in [0.2, 0.25) is 9.84 Å². The fourth-order valence-corrected chi connectivity index (χ4v) is 4.70. The van der Waals surface area contributed by atoms with Gasteiger partial charge in [0.1, 0.15) is 0 Å². The predicted molar refractivity (Wildman–Crippen MR) is 94.8 cm³/mol. The molecule has 9 heteroatoms. The van der Waals surface area contributed by atoms with Crippen LogP contribution in [-0.2, 0) is 29.8 Å². The number of rotatable bonds is 7. The molecule has 0 fully saturated rings. The van der Waals surface area contributed by atoms with Crippen LogP contribution in [0.25, 0.3) is 0 Å². The minimum atomic E-state index is -3.77. The van der Waals surface area contributed by atoms with Crippen molar-refractivity contribution in [1.29, 1.82) is 0 Å². The molecule has 26 heavy (non-hydrogen) atoms. The highest BCUT2D eigenvalue weighted by atomic mass is 32.2. The van der Waals surface area contributed by atoms with Crippen molar-refractivity contribution in [1.82, 2.24) is 0 Å². The molecule has 2 rings (SSSR count). The topological polar surface area (TPSA) is 107 Å². The third-order valence-electron chi connectivity index (χ3n) is 3.53. The second kappa shape index (κ2) is 8.14. The third kappa shape index (κ3) is 4.80. The van der Waals surface area contributed by atoms with Gasteiger partial charge in [0.15, 0.2) is 0 Å². The van der Waals surface area contributed by atoms with Gasteiger partial charge in [-0.2, -0.15) is 0 Å². The quantitative estimate of drug-likeness (QED) is 0.564. The average molecular weight is 398 g/mol. The zero-order chi connectivity index (χ0) is 19.4. The molecule has 1 unspecified atom stereocenters. The molecule has 0 amide bonds. The third-order valence-corrected chi connectivity index (χ3v) is 6.74. The molecule has 0 saturated heterocycles. The van der Waals surface area contributed by atoms with Crippen LogP contribution in [0.2, 0.25) is 0 Å². The van der Waals surface area contributed by atoms with Crippen molar-refractivity contribution in [3.05, 3.63) is 59.7 Å². The molecule has 0 aliphatic carbocycles.